The van der Waals surface area contributed by atoms with Crippen LogP contribution in [0.5, 0.6) is 0 Å². The Morgan fingerprint density at radius 1 is 1.25 bits per heavy atom. The SMILES string of the molecule is CC=Cn1cc[n+](C=CC)c1.[Br-]. The highest BCUT2D eigenvalue weighted by Gasteiger charge is 1.94. The fraction of sp³-hybridized carbons (Fsp3) is 0.222. The predicted octanol–water partition coefficient (Wildman–Crippen LogP) is -1.24. The first kappa shape index (κ1) is 11.2. The molecule has 0 N–H and O–H groups in total. The molecule has 0 aliphatic rings. The summed E-state index contributed by atoms with van der Waals surface area (Å²) in [6.45, 7) is 4.00. The van der Waals surface area contributed by atoms with Gasteiger partial charge in [0.25, 0.3) is 6.33 Å². The number of aromatic nitrogens is 2. The van der Waals surface area contributed by atoms with Gasteiger partial charge in [0, 0.05) is 0 Å². The molecule has 0 aromatic carbocycles. The lowest BCUT2D eigenvalue weighted by molar-refractivity contribution is -0.567. The van der Waals surface area contributed by atoms with Gasteiger partial charge in [0.2, 0.25) is 0 Å². The average molecular weight is 229 g/mol. The number of hydrogen-bond donors (Lipinski definition) is 0. The maximum atomic E-state index is 2.00. The molecule has 1 rings (SSSR count). The Kier molecular flexibility index (Phi) is 5.37. The first-order valence-electron chi connectivity index (χ1n) is 3.70. The van der Waals surface area contributed by atoms with Gasteiger partial charge in [-0.2, -0.15) is 0 Å². The lowest BCUT2D eigenvalue weighted by Gasteiger charge is -1.79. The summed E-state index contributed by atoms with van der Waals surface area (Å²) in [4.78, 5) is 0. The minimum absolute atomic E-state index is 0. The Balaban J connectivity index is 0.00000121. The van der Waals surface area contributed by atoms with Crippen molar-refractivity contribution in [3.8, 4) is 0 Å². The second kappa shape index (κ2) is 5.77. The Hall–Kier alpha value is -0.830. The van der Waals surface area contributed by atoms with Crippen molar-refractivity contribution in [2.24, 2.45) is 0 Å². The van der Waals surface area contributed by atoms with Crippen LogP contribution in [0.15, 0.2) is 30.9 Å². The molecule has 0 saturated carbocycles. The van der Waals surface area contributed by atoms with Crippen LogP contribution in [0.3, 0.4) is 0 Å². The molecule has 2 nitrogen and oxygen atoms in total. The van der Waals surface area contributed by atoms with Gasteiger partial charge in [-0.3, -0.25) is 0 Å². The highest BCUT2D eigenvalue weighted by molar-refractivity contribution is 5.19. The molecule has 0 fully saturated rings. The van der Waals surface area contributed by atoms with Gasteiger partial charge in [-0.15, -0.1) is 0 Å². The van der Waals surface area contributed by atoms with Gasteiger partial charge in [-0.05, 0) is 26.0 Å². The molecule has 0 aliphatic carbocycles. The molecule has 0 aliphatic heterocycles. The normalized spacial score (nSPS) is 10.8. The molecule has 1 heterocycles. The molecule has 0 atom stereocenters. The van der Waals surface area contributed by atoms with Crippen LogP contribution in [0.2, 0.25) is 0 Å². The Morgan fingerprint density at radius 3 is 2.58 bits per heavy atom. The second-order valence-electron chi connectivity index (χ2n) is 2.27. The van der Waals surface area contributed by atoms with Crippen LogP contribution in [0, 0.1) is 0 Å². The van der Waals surface area contributed by atoms with E-state index in [1.165, 1.54) is 0 Å². The van der Waals surface area contributed by atoms with Crippen LogP contribution in [-0.4, -0.2) is 4.57 Å². The van der Waals surface area contributed by atoms with Crippen molar-refractivity contribution in [3.05, 3.63) is 30.9 Å². The molecule has 0 saturated heterocycles. The minimum atomic E-state index is 0. The van der Waals surface area contributed by atoms with E-state index in [2.05, 4.69) is 0 Å². The summed E-state index contributed by atoms with van der Waals surface area (Å²) in [6.07, 6.45) is 14.0. The third kappa shape index (κ3) is 3.05. The topological polar surface area (TPSA) is 8.81 Å². The van der Waals surface area contributed by atoms with Crippen molar-refractivity contribution < 1.29 is 21.5 Å². The maximum absolute atomic E-state index is 2.00. The van der Waals surface area contributed by atoms with Crippen LogP contribution >= 0.6 is 0 Å². The van der Waals surface area contributed by atoms with E-state index in [4.69, 9.17) is 0 Å². The monoisotopic (exact) mass is 228 g/mol. The van der Waals surface area contributed by atoms with Crippen LogP contribution in [0.25, 0.3) is 12.4 Å². The summed E-state index contributed by atoms with van der Waals surface area (Å²) in [5.41, 5.74) is 0. The van der Waals surface area contributed by atoms with Crippen molar-refractivity contribution in [3.63, 3.8) is 0 Å². The Labute approximate surface area is 83.6 Å². The summed E-state index contributed by atoms with van der Waals surface area (Å²) in [7, 11) is 0. The minimum Gasteiger partial charge on any atom is -1.00 e. The molecule has 0 unspecified atom stereocenters. The van der Waals surface area contributed by atoms with Crippen molar-refractivity contribution in [2.75, 3.05) is 0 Å². The van der Waals surface area contributed by atoms with Crippen LogP contribution in [0.4, 0.5) is 0 Å². The third-order valence-corrected chi connectivity index (χ3v) is 1.32. The summed E-state index contributed by atoms with van der Waals surface area (Å²) in [5, 5.41) is 0. The van der Waals surface area contributed by atoms with Crippen molar-refractivity contribution in [1.82, 2.24) is 4.57 Å². The molecule has 0 radical (unpaired) electrons. The van der Waals surface area contributed by atoms with E-state index in [0.29, 0.717) is 0 Å². The fourth-order valence-electron chi connectivity index (χ4n) is 0.906. The number of allylic oxidation sites excluding steroid dienone is 2. The summed E-state index contributed by atoms with van der Waals surface area (Å²) in [5.74, 6) is 0. The van der Waals surface area contributed by atoms with Crippen LogP contribution in [-0.2, 0) is 0 Å². The molecule has 66 valence electrons. The van der Waals surface area contributed by atoms with Crippen molar-refractivity contribution in [2.45, 2.75) is 13.8 Å². The van der Waals surface area contributed by atoms with E-state index in [1.54, 1.807) is 0 Å². The van der Waals surface area contributed by atoms with E-state index in [1.807, 2.05) is 66.3 Å². The van der Waals surface area contributed by atoms with Crippen LogP contribution < -0.4 is 21.5 Å². The second-order valence-corrected chi connectivity index (χ2v) is 2.27. The van der Waals surface area contributed by atoms with Crippen molar-refractivity contribution in [1.29, 1.82) is 0 Å². The molecule has 0 spiro atoms. The number of rotatable bonds is 2. The maximum Gasteiger partial charge on any atom is 0.253 e. The number of imidazole rings is 1. The number of halogens is 1. The smallest absolute Gasteiger partial charge is 0.253 e. The molecular formula is C9H13BrN2. The average Bonchev–Trinajstić information content (AvgIpc) is 2.38. The molecular weight excluding hydrogens is 216 g/mol. The third-order valence-electron chi connectivity index (χ3n) is 1.32. The zero-order valence-electron chi connectivity index (χ0n) is 7.31. The van der Waals surface area contributed by atoms with E-state index in [0.717, 1.165) is 0 Å². The molecule has 3 heteroatoms. The van der Waals surface area contributed by atoms with Crippen LogP contribution in [0.1, 0.15) is 13.8 Å². The predicted molar refractivity (Wildman–Crippen MR) is 46.6 cm³/mol. The Bertz CT molecular complexity index is 247. The van der Waals surface area contributed by atoms with Gasteiger partial charge in [0.15, 0.2) is 0 Å². The van der Waals surface area contributed by atoms with Gasteiger partial charge in [0.1, 0.15) is 12.4 Å². The molecule has 0 bridgehead atoms. The Morgan fingerprint density at radius 2 is 2.00 bits per heavy atom. The van der Waals surface area contributed by atoms with E-state index >= 15 is 0 Å². The quantitative estimate of drug-likeness (QED) is 0.561. The standard InChI is InChI=1S/C9H13N2.BrH/c1-3-5-10-7-8-11(9-10)6-4-2;/h3-9H,1-2H3;1H/q+1;/p-1. The zero-order chi connectivity index (χ0) is 8.10. The number of hydrogen-bond acceptors (Lipinski definition) is 0. The first-order chi connectivity index (χ1) is 5.36. The van der Waals surface area contributed by atoms with Gasteiger partial charge in [-0.1, -0.05) is 0 Å². The van der Waals surface area contributed by atoms with E-state index in [9.17, 15) is 0 Å². The molecule has 1 aromatic heterocycles. The lowest BCUT2D eigenvalue weighted by atomic mass is 10.7. The lowest BCUT2D eigenvalue weighted by Crippen LogP contribution is -3.00. The first-order valence-corrected chi connectivity index (χ1v) is 3.70. The highest BCUT2D eigenvalue weighted by atomic mass is 79.9. The number of nitrogens with zero attached hydrogens (tertiary/aromatic N) is 2. The molecule has 12 heavy (non-hydrogen) atoms. The molecule has 1 aromatic rings. The summed E-state index contributed by atoms with van der Waals surface area (Å²) >= 11 is 0. The summed E-state index contributed by atoms with van der Waals surface area (Å²) in [6, 6.07) is 0. The summed E-state index contributed by atoms with van der Waals surface area (Å²) < 4.78 is 4.00. The fourth-order valence-corrected chi connectivity index (χ4v) is 0.906. The zero-order valence-corrected chi connectivity index (χ0v) is 8.90. The van der Waals surface area contributed by atoms with E-state index < -0.39 is 0 Å². The highest BCUT2D eigenvalue weighted by Crippen LogP contribution is 1.85. The van der Waals surface area contributed by atoms with Gasteiger partial charge in [-0.25, -0.2) is 9.13 Å². The van der Waals surface area contributed by atoms with Gasteiger partial charge in [0.05, 0.1) is 12.4 Å². The largest absolute Gasteiger partial charge is 1.00 e. The molecule has 0 amide bonds. The van der Waals surface area contributed by atoms with Gasteiger partial charge < -0.3 is 17.0 Å². The van der Waals surface area contributed by atoms with Crippen molar-refractivity contribution >= 4 is 12.4 Å². The van der Waals surface area contributed by atoms with Gasteiger partial charge >= 0.3 is 0 Å². The van der Waals surface area contributed by atoms with E-state index in [-0.39, 0.29) is 17.0 Å².